The second-order valence-electron chi connectivity index (χ2n) is 9.74. The third-order valence-corrected chi connectivity index (χ3v) is 7.94. The van der Waals surface area contributed by atoms with Crippen LogP contribution in [0.15, 0.2) is 22.6 Å². The van der Waals surface area contributed by atoms with Crippen LogP contribution in [0.3, 0.4) is 0 Å². The van der Waals surface area contributed by atoms with E-state index in [1.807, 2.05) is 0 Å². The van der Waals surface area contributed by atoms with Crippen molar-refractivity contribution < 1.29 is 54.1 Å². The summed E-state index contributed by atoms with van der Waals surface area (Å²) in [6, 6.07) is -0.655. The summed E-state index contributed by atoms with van der Waals surface area (Å²) in [5.41, 5.74) is 6.35. The summed E-state index contributed by atoms with van der Waals surface area (Å²) < 4.78 is 77.3. The van der Waals surface area contributed by atoms with Crippen LogP contribution in [-0.2, 0) is 33.6 Å². The van der Waals surface area contributed by atoms with Crippen molar-refractivity contribution in [2.24, 2.45) is 17.6 Å². The van der Waals surface area contributed by atoms with Crippen molar-refractivity contribution in [2.45, 2.75) is 58.1 Å². The molecule has 1 aliphatic rings. The average molecular weight is 607 g/mol. The van der Waals surface area contributed by atoms with E-state index in [0.29, 0.717) is 11.2 Å². The van der Waals surface area contributed by atoms with Gasteiger partial charge >= 0.3 is 22.6 Å². The topological polar surface area (TPSA) is 179 Å². The van der Waals surface area contributed by atoms with Gasteiger partial charge in [0.2, 0.25) is 17.7 Å². The number of hydrogen-bond donors (Lipinski definition) is 1. The minimum Gasteiger partial charge on any atom is -0.465 e. The van der Waals surface area contributed by atoms with Crippen molar-refractivity contribution in [1.29, 1.82) is 0 Å². The molecule has 0 radical (unpaired) electrons. The number of aldehydes is 1. The molecule has 0 saturated carbocycles. The first-order valence-electron chi connectivity index (χ1n) is 12.4. The molecule has 1 saturated heterocycles. The SMILES string of the molecule is COC(=O)c1ccc2nc(C(C(C)C=O)N(C(=O)[C@@H](N)C(C)C)C(=O)[C@@H]3CCCN3S(=O)(=O)OC(F)(F)F)oc2c1. The molecule has 2 aromatic rings. The van der Waals surface area contributed by atoms with Crippen molar-refractivity contribution in [2.75, 3.05) is 13.7 Å². The summed E-state index contributed by atoms with van der Waals surface area (Å²) in [5, 5.41) is 0. The van der Waals surface area contributed by atoms with Gasteiger partial charge in [-0.3, -0.25) is 14.5 Å². The molecule has 0 bridgehead atoms. The van der Waals surface area contributed by atoms with Gasteiger partial charge in [-0.05, 0) is 37.0 Å². The largest absolute Gasteiger partial charge is 0.538 e. The van der Waals surface area contributed by atoms with Crippen LogP contribution in [0, 0.1) is 11.8 Å². The number of nitrogens with two attached hydrogens (primary N) is 1. The van der Waals surface area contributed by atoms with Gasteiger partial charge in [-0.25, -0.2) is 9.78 Å². The molecule has 1 fully saturated rings. The van der Waals surface area contributed by atoms with E-state index in [1.165, 1.54) is 32.2 Å². The molecule has 2 heterocycles. The first kappa shape index (κ1) is 32.1. The summed E-state index contributed by atoms with van der Waals surface area (Å²) in [4.78, 5) is 56.3. The number of alkyl halides is 3. The second-order valence-corrected chi connectivity index (χ2v) is 11.2. The lowest BCUT2D eigenvalue weighted by molar-refractivity contribution is -0.274. The summed E-state index contributed by atoms with van der Waals surface area (Å²) >= 11 is 0. The predicted molar refractivity (Wildman–Crippen MR) is 134 cm³/mol. The lowest BCUT2D eigenvalue weighted by Gasteiger charge is -2.35. The van der Waals surface area contributed by atoms with E-state index >= 15 is 0 Å². The molecule has 13 nitrogen and oxygen atoms in total. The number of rotatable bonds is 10. The monoisotopic (exact) mass is 606 g/mol. The Kier molecular flexibility index (Phi) is 9.57. The Balaban J connectivity index is 2.16. The average Bonchev–Trinajstić information content (AvgIpc) is 3.55. The number of fused-ring (bicyclic) bond motifs is 1. The van der Waals surface area contributed by atoms with E-state index < -0.39 is 71.0 Å². The third-order valence-electron chi connectivity index (χ3n) is 6.52. The summed E-state index contributed by atoms with van der Waals surface area (Å²) in [6.07, 6.45) is -5.45. The van der Waals surface area contributed by atoms with Gasteiger partial charge in [-0.1, -0.05) is 20.8 Å². The van der Waals surface area contributed by atoms with E-state index in [1.54, 1.807) is 13.8 Å². The number of hydrogen-bond acceptors (Lipinski definition) is 11. The first-order chi connectivity index (χ1) is 19.0. The van der Waals surface area contributed by atoms with Crippen molar-refractivity contribution in [3.63, 3.8) is 0 Å². The number of ether oxygens (including phenoxy) is 1. The predicted octanol–water partition coefficient (Wildman–Crippen LogP) is 2.07. The van der Waals surface area contributed by atoms with Crippen molar-refractivity contribution in [3.05, 3.63) is 29.7 Å². The number of nitrogens with zero attached hydrogens (tertiary/aromatic N) is 3. The second kappa shape index (κ2) is 12.2. The molecule has 41 heavy (non-hydrogen) atoms. The minimum absolute atomic E-state index is 0.0256. The molecule has 4 atom stereocenters. The number of carbonyl (C=O) groups excluding carboxylic acids is 4. The van der Waals surface area contributed by atoms with Gasteiger partial charge in [-0.15, -0.1) is 13.2 Å². The number of methoxy groups -OCH3 is 1. The Morgan fingerprint density at radius 2 is 1.90 bits per heavy atom. The molecule has 17 heteroatoms. The maximum atomic E-state index is 13.9. The van der Waals surface area contributed by atoms with Gasteiger partial charge in [0.25, 0.3) is 0 Å². The van der Waals surface area contributed by atoms with Gasteiger partial charge in [0.15, 0.2) is 5.58 Å². The first-order valence-corrected chi connectivity index (χ1v) is 13.7. The van der Waals surface area contributed by atoms with Gasteiger partial charge in [0.05, 0.1) is 18.7 Å². The molecular formula is C24H29F3N4O9S. The van der Waals surface area contributed by atoms with Gasteiger partial charge in [-0.2, -0.15) is 16.9 Å². The standard InChI is InChI=1S/C24H29F3N4O9S/c1-12(2)18(28)22(34)31(21(33)16-6-5-9-30(16)41(36,37)40-24(25,26)27)19(13(3)11-32)20-29-15-8-7-14(23(35)38-4)10-17(15)39-20/h7-8,10-13,16,18-19H,5-6,9,28H2,1-4H3/t13?,16-,18-,19?/m0/s1. The Morgan fingerprint density at radius 1 is 1.24 bits per heavy atom. The van der Waals surface area contributed by atoms with E-state index in [4.69, 9.17) is 10.2 Å². The highest BCUT2D eigenvalue weighted by Crippen LogP contribution is 2.35. The van der Waals surface area contributed by atoms with Crippen LogP contribution in [-0.4, -0.2) is 78.8 Å². The summed E-state index contributed by atoms with van der Waals surface area (Å²) in [5.74, 6) is -5.06. The zero-order valence-electron chi connectivity index (χ0n) is 22.5. The van der Waals surface area contributed by atoms with Crippen molar-refractivity contribution in [3.8, 4) is 0 Å². The van der Waals surface area contributed by atoms with Gasteiger partial charge in [0, 0.05) is 12.5 Å². The highest BCUT2D eigenvalue weighted by atomic mass is 32.2. The molecule has 226 valence electrons. The molecule has 1 aromatic carbocycles. The van der Waals surface area contributed by atoms with Crippen LogP contribution < -0.4 is 5.73 Å². The number of halogens is 3. The van der Waals surface area contributed by atoms with E-state index in [9.17, 15) is 40.8 Å². The number of carbonyl (C=O) groups is 4. The number of esters is 1. The Labute approximate surface area is 233 Å². The highest BCUT2D eigenvalue weighted by molar-refractivity contribution is 7.84. The van der Waals surface area contributed by atoms with Crippen LogP contribution in [0.1, 0.15) is 55.9 Å². The van der Waals surface area contributed by atoms with Crippen molar-refractivity contribution >= 4 is 45.5 Å². The number of benzene rings is 1. The molecule has 1 aromatic heterocycles. The zero-order valence-corrected chi connectivity index (χ0v) is 23.3. The van der Waals surface area contributed by atoms with Crippen LogP contribution in [0.25, 0.3) is 11.1 Å². The Morgan fingerprint density at radius 3 is 2.46 bits per heavy atom. The smallest absolute Gasteiger partial charge is 0.465 e. The maximum Gasteiger partial charge on any atom is 0.538 e. The normalized spacial score (nSPS) is 18.7. The molecule has 0 spiro atoms. The molecule has 3 rings (SSSR count). The van der Waals surface area contributed by atoms with Crippen LogP contribution in [0.5, 0.6) is 0 Å². The summed E-state index contributed by atoms with van der Waals surface area (Å²) in [7, 11) is -4.33. The van der Waals surface area contributed by atoms with Crippen LogP contribution in [0.2, 0.25) is 0 Å². The highest BCUT2D eigenvalue weighted by Gasteiger charge is 2.50. The van der Waals surface area contributed by atoms with Crippen LogP contribution in [0.4, 0.5) is 13.2 Å². The number of aromatic nitrogens is 1. The quantitative estimate of drug-likeness (QED) is 0.309. The van der Waals surface area contributed by atoms with Gasteiger partial charge in [0.1, 0.15) is 23.9 Å². The fourth-order valence-electron chi connectivity index (χ4n) is 4.37. The maximum absolute atomic E-state index is 13.9. The van der Waals surface area contributed by atoms with E-state index in [-0.39, 0.29) is 39.7 Å². The minimum atomic E-state index is -5.57. The number of amides is 2. The number of imide groups is 1. The molecule has 2 amide bonds. The number of oxazole rings is 1. The summed E-state index contributed by atoms with van der Waals surface area (Å²) in [6.45, 7) is 3.97. The molecule has 1 aliphatic heterocycles. The Bertz CT molecular complexity index is 1430. The van der Waals surface area contributed by atoms with Gasteiger partial charge < -0.3 is 19.7 Å². The van der Waals surface area contributed by atoms with E-state index in [2.05, 4.69) is 13.9 Å². The third kappa shape index (κ3) is 6.91. The molecular weight excluding hydrogens is 577 g/mol. The Hall–Kier alpha value is -3.41. The van der Waals surface area contributed by atoms with E-state index in [0.717, 1.165) is 0 Å². The van der Waals surface area contributed by atoms with Crippen LogP contribution >= 0.6 is 0 Å². The molecule has 0 aliphatic carbocycles. The zero-order chi connectivity index (χ0) is 30.9. The van der Waals surface area contributed by atoms with Crippen molar-refractivity contribution in [1.82, 2.24) is 14.2 Å². The lowest BCUT2D eigenvalue weighted by Crippen LogP contribution is -2.57. The fraction of sp³-hybridized carbons (Fsp3) is 0.542. The molecule has 2 N–H and O–H groups in total. The fourth-order valence-corrected chi connectivity index (χ4v) is 5.56. The molecule has 2 unspecified atom stereocenters. The lowest BCUT2D eigenvalue weighted by atomic mass is 9.96.